The minimum Gasteiger partial charge on any atom is -0.333 e. The molecule has 0 saturated heterocycles. The SMILES string of the molecule is Cc1nc(C)n(C)c1C(C#N)N(C)C. The third kappa shape index (κ3) is 1.64. The molecule has 0 radical (unpaired) electrons. The molecular weight excluding hydrogens is 176 g/mol. The van der Waals surface area contributed by atoms with Gasteiger partial charge in [0, 0.05) is 7.05 Å². The van der Waals surface area contributed by atoms with Crippen LogP contribution in [-0.4, -0.2) is 28.5 Å². The summed E-state index contributed by atoms with van der Waals surface area (Å²) < 4.78 is 1.98. The van der Waals surface area contributed by atoms with E-state index in [-0.39, 0.29) is 6.04 Å². The number of hydrogen-bond donors (Lipinski definition) is 0. The Kier molecular flexibility index (Phi) is 2.92. The van der Waals surface area contributed by atoms with Gasteiger partial charge in [-0.15, -0.1) is 0 Å². The molecule has 0 aliphatic rings. The Labute approximate surface area is 84.8 Å². The van der Waals surface area contributed by atoms with Crippen molar-refractivity contribution in [1.29, 1.82) is 5.26 Å². The number of nitriles is 1. The summed E-state index contributed by atoms with van der Waals surface area (Å²) in [4.78, 5) is 6.24. The maximum absolute atomic E-state index is 9.08. The first kappa shape index (κ1) is 10.7. The minimum atomic E-state index is -0.221. The quantitative estimate of drug-likeness (QED) is 0.706. The van der Waals surface area contributed by atoms with Gasteiger partial charge in [-0.05, 0) is 27.9 Å². The second kappa shape index (κ2) is 3.81. The summed E-state index contributed by atoms with van der Waals surface area (Å²) in [6.07, 6.45) is 0. The monoisotopic (exact) mass is 192 g/mol. The Bertz CT molecular complexity index is 370. The molecule has 1 heterocycles. The van der Waals surface area contributed by atoms with Gasteiger partial charge in [0.15, 0.2) is 0 Å². The zero-order valence-corrected chi connectivity index (χ0v) is 9.37. The van der Waals surface area contributed by atoms with Crippen molar-refractivity contribution in [2.24, 2.45) is 7.05 Å². The van der Waals surface area contributed by atoms with E-state index in [1.807, 2.05) is 44.5 Å². The van der Waals surface area contributed by atoms with E-state index < -0.39 is 0 Å². The van der Waals surface area contributed by atoms with Gasteiger partial charge < -0.3 is 4.57 Å². The van der Waals surface area contributed by atoms with Gasteiger partial charge in [-0.1, -0.05) is 0 Å². The smallest absolute Gasteiger partial charge is 0.140 e. The van der Waals surface area contributed by atoms with E-state index in [0.29, 0.717) is 0 Å². The molecule has 76 valence electrons. The normalized spacial score (nSPS) is 12.9. The van der Waals surface area contributed by atoms with Gasteiger partial charge in [0.2, 0.25) is 0 Å². The molecule has 0 fully saturated rings. The Balaban J connectivity index is 3.24. The van der Waals surface area contributed by atoms with Crippen LogP contribution < -0.4 is 0 Å². The van der Waals surface area contributed by atoms with E-state index in [0.717, 1.165) is 17.2 Å². The van der Waals surface area contributed by atoms with Crippen molar-refractivity contribution < 1.29 is 0 Å². The van der Waals surface area contributed by atoms with Crippen LogP contribution in [0.4, 0.5) is 0 Å². The molecule has 0 aromatic carbocycles. The molecule has 14 heavy (non-hydrogen) atoms. The molecular formula is C10H16N4. The van der Waals surface area contributed by atoms with Crippen LogP contribution in [0.15, 0.2) is 0 Å². The predicted molar refractivity (Wildman–Crippen MR) is 54.7 cm³/mol. The summed E-state index contributed by atoms with van der Waals surface area (Å²) in [6.45, 7) is 3.89. The highest BCUT2D eigenvalue weighted by Crippen LogP contribution is 2.21. The average molecular weight is 192 g/mol. The molecule has 0 bridgehead atoms. The van der Waals surface area contributed by atoms with Gasteiger partial charge in [0.1, 0.15) is 11.9 Å². The van der Waals surface area contributed by atoms with Gasteiger partial charge in [-0.3, -0.25) is 4.90 Å². The van der Waals surface area contributed by atoms with E-state index in [9.17, 15) is 0 Å². The maximum Gasteiger partial charge on any atom is 0.140 e. The number of aromatic nitrogens is 2. The van der Waals surface area contributed by atoms with Crippen LogP contribution in [-0.2, 0) is 7.05 Å². The number of hydrogen-bond acceptors (Lipinski definition) is 3. The van der Waals surface area contributed by atoms with Crippen molar-refractivity contribution in [3.05, 3.63) is 17.2 Å². The van der Waals surface area contributed by atoms with Crippen LogP contribution in [0.25, 0.3) is 0 Å². The minimum absolute atomic E-state index is 0.221. The second-order valence-corrected chi connectivity index (χ2v) is 3.68. The highest BCUT2D eigenvalue weighted by atomic mass is 15.2. The molecule has 1 aromatic heterocycles. The topological polar surface area (TPSA) is 44.9 Å². The molecule has 0 saturated carbocycles. The number of nitrogens with zero attached hydrogens (tertiary/aromatic N) is 4. The largest absolute Gasteiger partial charge is 0.333 e. The fraction of sp³-hybridized carbons (Fsp3) is 0.600. The van der Waals surface area contributed by atoms with Crippen LogP contribution in [0.1, 0.15) is 23.3 Å². The first-order valence-electron chi connectivity index (χ1n) is 4.55. The van der Waals surface area contributed by atoms with Crippen molar-refractivity contribution in [1.82, 2.24) is 14.5 Å². The Morgan fingerprint density at radius 2 is 2.00 bits per heavy atom. The fourth-order valence-corrected chi connectivity index (χ4v) is 1.59. The van der Waals surface area contributed by atoms with Crippen LogP contribution in [0.3, 0.4) is 0 Å². The molecule has 1 rings (SSSR count). The second-order valence-electron chi connectivity index (χ2n) is 3.68. The van der Waals surface area contributed by atoms with Crippen LogP contribution >= 0.6 is 0 Å². The predicted octanol–water partition coefficient (Wildman–Crippen LogP) is 1.16. The first-order chi connectivity index (χ1) is 6.49. The molecule has 0 amide bonds. The molecule has 0 N–H and O–H groups in total. The fourth-order valence-electron chi connectivity index (χ4n) is 1.59. The third-order valence-electron chi connectivity index (χ3n) is 2.44. The van der Waals surface area contributed by atoms with Crippen molar-refractivity contribution in [3.63, 3.8) is 0 Å². The Morgan fingerprint density at radius 3 is 2.29 bits per heavy atom. The van der Waals surface area contributed by atoms with Crippen LogP contribution in [0.2, 0.25) is 0 Å². The third-order valence-corrected chi connectivity index (χ3v) is 2.44. The zero-order chi connectivity index (χ0) is 10.9. The molecule has 1 atom stereocenters. The molecule has 1 aromatic rings. The number of aryl methyl sites for hydroxylation is 2. The summed E-state index contributed by atoms with van der Waals surface area (Å²) in [6, 6.07) is 2.06. The highest BCUT2D eigenvalue weighted by Gasteiger charge is 2.20. The first-order valence-corrected chi connectivity index (χ1v) is 4.55. The standard InChI is InChI=1S/C10H16N4/c1-7-10(9(6-11)13(3)4)14(5)8(2)12-7/h9H,1-5H3. The number of rotatable bonds is 2. The van der Waals surface area contributed by atoms with Gasteiger partial charge in [0.05, 0.1) is 17.5 Å². The summed E-state index contributed by atoms with van der Waals surface area (Å²) >= 11 is 0. The van der Waals surface area contributed by atoms with Crippen molar-refractivity contribution >= 4 is 0 Å². The highest BCUT2D eigenvalue weighted by molar-refractivity contribution is 5.23. The summed E-state index contributed by atoms with van der Waals surface area (Å²) in [5.74, 6) is 0.944. The summed E-state index contributed by atoms with van der Waals surface area (Å²) in [5, 5.41) is 9.08. The van der Waals surface area contributed by atoms with E-state index in [4.69, 9.17) is 5.26 Å². The molecule has 0 aliphatic heterocycles. The maximum atomic E-state index is 9.08. The van der Waals surface area contributed by atoms with E-state index in [2.05, 4.69) is 11.1 Å². The van der Waals surface area contributed by atoms with Crippen molar-refractivity contribution in [2.45, 2.75) is 19.9 Å². The molecule has 0 spiro atoms. The number of imidazole rings is 1. The van der Waals surface area contributed by atoms with Gasteiger partial charge >= 0.3 is 0 Å². The lowest BCUT2D eigenvalue weighted by atomic mass is 10.2. The van der Waals surface area contributed by atoms with Crippen molar-refractivity contribution in [3.8, 4) is 6.07 Å². The van der Waals surface area contributed by atoms with Gasteiger partial charge in [0.25, 0.3) is 0 Å². The van der Waals surface area contributed by atoms with Gasteiger partial charge in [-0.25, -0.2) is 4.98 Å². The lowest BCUT2D eigenvalue weighted by Gasteiger charge is -2.18. The van der Waals surface area contributed by atoms with Crippen molar-refractivity contribution in [2.75, 3.05) is 14.1 Å². The van der Waals surface area contributed by atoms with Crippen LogP contribution in [0.5, 0.6) is 0 Å². The molecule has 4 nitrogen and oxygen atoms in total. The summed E-state index contributed by atoms with van der Waals surface area (Å²) in [7, 11) is 5.74. The average Bonchev–Trinajstić information content (AvgIpc) is 2.32. The lowest BCUT2D eigenvalue weighted by molar-refractivity contribution is 0.345. The zero-order valence-electron chi connectivity index (χ0n) is 9.37. The Hall–Kier alpha value is -1.34. The Morgan fingerprint density at radius 1 is 1.43 bits per heavy atom. The molecule has 4 heteroatoms. The molecule has 1 unspecified atom stereocenters. The van der Waals surface area contributed by atoms with E-state index in [1.54, 1.807) is 0 Å². The van der Waals surface area contributed by atoms with Gasteiger partial charge in [-0.2, -0.15) is 5.26 Å². The lowest BCUT2D eigenvalue weighted by Crippen LogP contribution is -2.21. The van der Waals surface area contributed by atoms with E-state index >= 15 is 0 Å². The molecule has 0 aliphatic carbocycles. The summed E-state index contributed by atoms with van der Waals surface area (Å²) in [5.41, 5.74) is 1.92. The van der Waals surface area contributed by atoms with E-state index in [1.165, 1.54) is 0 Å². The van der Waals surface area contributed by atoms with Crippen LogP contribution in [0, 0.1) is 25.2 Å².